The Morgan fingerprint density at radius 1 is 1.14 bits per heavy atom. The average Bonchev–Trinajstić information content (AvgIpc) is 2.49. The summed E-state index contributed by atoms with van der Waals surface area (Å²) in [5.74, 6) is 0.921. The van der Waals surface area contributed by atoms with E-state index in [1.54, 1.807) is 7.11 Å². The zero-order valence-electron chi connectivity index (χ0n) is 12.7. The van der Waals surface area contributed by atoms with E-state index in [2.05, 4.69) is 27.3 Å². The zero-order chi connectivity index (χ0) is 15.3. The van der Waals surface area contributed by atoms with E-state index in [1.165, 1.54) is 0 Å². The van der Waals surface area contributed by atoms with Crippen LogP contribution in [0.2, 0.25) is 0 Å². The first kappa shape index (κ1) is 18.4. The van der Waals surface area contributed by atoms with Crippen molar-refractivity contribution in [1.82, 2.24) is 5.32 Å². The number of ether oxygens (including phenoxy) is 2. The molecular weight excluding hydrogens is 334 g/mol. The number of benzene rings is 1. The molecule has 21 heavy (non-hydrogen) atoms. The Balaban J connectivity index is 2.39. The average molecular weight is 360 g/mol. The highest BCUT2D eigenvalue weighted by Gasteiger charge is 2.07. The van der Waals surface area contributed by atoms with Crippen LogP contribution in [-0.2, 0) is 11.3 Å². The van der Waals surface area contributed by atoms with Crippen LogP contribution in [-0.4, -0.2) is 38.6 Å². The lowest BCUT2D eigenvalue weighted by atomic mass is 10.2. The lowest BCUT2D eigenvalue weighted by molar-refractivity contribution is 0.199. The first-order valence-corrected chi connectivity index (χ1v) is 8.29. The predicted molar refractivity (Wildman–Crippen MR) is 88.8 cm³/mol. The van der Waals surface area contributed by atoms with Gasteiger partial charge in [0.05, 0.1) is 17.7 Å². The third-order valence-electron chi connectivity index (χ3n) is 3.15. The number of aliphatic hydroxyl groups is 1. The topological polar surface area (TPSA) is 50.7 Å². The number of unbranched alkanes of at least 4 members (excludes halogenated alkanes) is 3. The van der Waals surface area contributed by atoms with Crippen LogP contribution in [0.4, 0.5) is 0 Å². The van der Waals surface area contributed by atoms with E-state index >= 15 is 0 Å². The van der Waals surface area contributed by atoms with Crippen LogP contribution in [0.15, 0.2) is 22.7 Å². The Morgan fingerprint density at radius 2 is 1.95 bits per heavy atom. The van der Waals surface area contributed by atoms with Crippen molar-refractivity contribution in [3.63, 3.8) is 0 Å². The maximum absolute atomic E-state index is 8.74. The van der Waals surface area contributed by atoms with Crippen LogP contribution in [0.3, 0.4) is 0 Å². The maximum atomic E-state index is 8.74. The predicted octanol–water partition coefficient (Wildman–Crippen LogP) is 3.12. The summed E-state index contributed by atoms with van der Waals surface area (Å²) in [6.07, 6.45) is 4.04. The second-order valence-corrected chi connectivity index (χ2v) is 5.74. The molecule has 0 radical (unpaired) electrons. The third kappa shape index (κ3) is 7.81. The Labute approximate surface area is 136 Å². The fourth-order valence-corrected chi connectivity index (χ4v) is 2.52. The highest BCUT2D eigenvalue weighted by molar-refractivity contribution is 9.10. The van der Waals surface area contributed by atoms with Crippen molar-refractivity contribution in [2.75, 3.05) is 33.5 Å². The zero-order valence-corrected chi connectivity index (χ0v) is 14.3. The second kappa shape index (κ2) is 12.0. The molecule has 0 aliphatic carbocycles. The minimum Gasteiger partial charge on any atom is -0.492 e. The molecule has 0 bridgehead atoms. The Bertz CT molecular complexity index is 388. The molecule has 0 aromatic heterocycles. The van der Waals surface area contributed by atoms with E-state index in [0.29, 0.717) is 13.2 Å². The van der Waals surface area contributed by atoms with E-state index in [-0.39, 0.29) is 6.61 Å². The molecule has 0 fully saturated rings. The summed E-state index contributed by atoms with van der Waals surface area (Å²) in [5, 5.41) is 12.1. The minimum absolute atomic E-state index is 0.280. The summed E-state index contributed by atoms with van der Waals surface area (Å²) in [5.41, 5.74) is 1.15. The van der Waals surface area contributed by atoms with Crippen LogP contribution in [0.25, 0.3) is 0 Å². The lowest BCUT2D eigenvalue weighted by Crippen LogP contribution is -2.19. The number of nitrogens with one attached hydrogen (secondary N) is 1. The molecule has 0 aliphatic rings. The van der Waals surface area contributed by atoms with Gasteiger partial charge in [0.15, 0.2) is 0 Å². The number of methoxy groups -OCH3 is 1. The van der Waals surface area contributed by atoms with Crippen LogP contribution < -0.4 is 10.1 Å². The lowest BCUT2D eigenvalue weighted by Gasteiger charge is -2.14. The first-order valence-electron chi connectivity index (χ1n) is 7.50. The molecule has 0 saturated heterocycles. The molecule has 0 amide bonds. The van der Waals surface area contributed by atoms with Crippen LogP contribution in [0.1, 0.15) is 31.2 Å². The largest absolute Gasteiger partial charge is 0.492 e. The van der Waals surface area contributed by atoms with Gasteiger partial charge in [-0.15, -0.1) is 0 Å². The van der Waals surface area contributed by atoms with Gasteiger partial charge in [0.25, 0.3) is 0 Å². The van der Waals surface area contributed by atoms with Crippen molar-refractivity contribution < 1.29 is 14.6 Å². The van der Waals surface area contributed by atoms with Gasteiger partial charge in [0.2, 0.25) is 0 Å². The quantitative estimate of drug-likeness (QED) is 0.563. The summed E-state index contributed by atoms with van der Waals surface area (Å²) in [4.78, 5) is 0. The molecule has 0 unspecified atom stereocenters. The maximum Gasteiger partial charge on any atom is 0.137 e. The summed E-state index contributed by atoms with van der Waals surface area (Å²) in [6.45, 7) is 3.28. The van der Waals surface area contributed by atoms with E-state index < -0.39 is 0 Å². The Morgan fingerprint density at radius 3 is 2.71 bits per heavy atom. The Hall–Kier alpha value is -0.620. The molecule has 0 saturated carbocycles. The van der Waals surface area contributed by atoms with Gasteiger partial charge in [-0.1, -0.05) is 18.6 Å². The highest BCUT2D eigenvalue weighted by atomic mass is 79.9. The van der Waals surface area contributed by atoms with E-state index in [1.807, 2.05) is 12.1 Å². The van der Waals surface area contributed by atoms with Crippen LogP contribution in [0, 0.1) is 0 Å². The molecule has 0 aliphatic heterocycles. The molecule has 2 N–H and O–H groups in total. The van der Waals surface area contributed by atoms with Gasteiger partial charge in [0.1, 0.15) is 5.75 Å². The standard InChI is InChI=1S/C16H26BrNO3/c1-20-12-9-18-13-14-7-6-8-15(17)16(14)21-11-5-3-2-4-10-19/h6-8,18-19H,2-5,9-13H2,1H3. The smallest absolute Gasteiger partial charge is 0.137 e. The number of aliphatic hydroxyl groups excluding tert-OH is 1. The summed E-state index contributed by atoms with van der Waals surface area (Å²) in [6, 6.07) is 6.09. The van der Waals surface area contributed by atoms with Crippen molar-refractivity contribution in [3.05, 3.63) is 28.2 Å². The van der Waals surface area contributed by atoms with Gasteiger partial charge >= 0.3 is 0 Å². The summed E-state index contributed by atoms with van der Waals surface area (Å²) >= 11 is 3.55. The van der Waals surface area contributed by atoms with Crippen molar-refractivity contribution in [3.8, 4) is 5.75 Å². The van der Waals surface area contributed by atoms with Crippen molar-refractivity contribution in [2.24, 2.45) is 0 Å². The molecule has 1 rings (SSSR count). The van der Waals surface area contributed by atoms with Gasteiger partial charge < -0.3 is 19.9 Å². The molecule has 5 heteroatoms. The molecule has 4 nitrogen and oxygen atoms in total. The van der Waals surface area contributed by atoms with Crippen LogP contribution in [0.5, 0.6) is 5.75 Å². The molecule has 120 valence electrons. The van der Waals surface area contributed by atoms with E-state index in [0.717, 1.165) is 54.6 Å². The van der Waals surface area contributed by atoms with Gasteiger partial charge in [0, 0.05) is 32.4 Å². The second-order valence-electron chi connectivity index (χ2n) is 4.88. The molecule has 1 aromatic carbocycles. The summed E-state index contributed by atoms with van der Waals surface area (Å²) in [7, 11) is 1.70. The highest BCUT2D eigenvalue weighted by Crippen LogP contribution is 2.29. The first-order chi connectivity index (χ1) is 10.3. The van der Waals surface area contributed by atoms with Crippen LogP contribution >= 0.6 is 15.9 Å². The molecule has 1 aromatic rings. The van der Waals surface area contributed by atoms with Gasteiger partial charge in [-0.25, -0.2) is 0 Å². The number of rotatable bonds is 12. The van der Waals surface area contributed by atoms with Gasteiger partial charge in [-0.05, 0) is 41.3 Å². The van der Waals surface area contributed by atoms with Crippen molar-refractivity contribution >= 4 is 15.9 Å². The molecule has 0 atom stereocenters. The van der Waals surface area contributed by atoms with E-state index in [4.69, 9.17) is 14.6 Å². The van der Waals surface area contributed by atoms with Gasteiger partial charge in [-0.3, -0.25) is 0 Å². The molecular formula is C16H26BrNO3. The normalized spacial score (nSPS) is 10.8. The number of hydrogen-bond acceptors (Lipinski definition) is 4. The van der Waals surface area contributed by atoms with Gasteiger partial charge in [-0.2, -0.15) is 0 Å². The monoisotopic (exact) mass is 359 g/mol. The third-order valence-corrected chi connectivity index (χ3v) is 3.77. The van der Waals surface area contributed by atoms with Crippen molar-refractivity contribution in [1.29, 1.82) is 0 Å². The molecule has 0 heterocycles. The Kier molecular flexibility index (Phi) is 10.5. The van der Waals surface area contributed by atoms with Crippen molar-refractivity contribution in [2.45, 2.75) is 32.2 Å². The number of para-hydroxylation sites is 1. The molecule has 0 spiro atoms. The minimum atomic E-state index is 0.280. The number of hydrogen-bond donors (Lipinski definition) is 2. The fourth-order valence-electron chi connectivity index (χ4n) is 1.99. The van der Waals surface area contributed by atoms with E-state index in [9.17, 15) is 0 Å². The summed E-state index contributed by atoms with van der Waals surface area (Å²) < 4.78 is 11.9. The number of halogens is 1. The SMILES string of the molecule is COCCNCc1cccc(Br)c1OCCCCCCO. The fraction of sp³-hybridized carbons (Fsp3) is 0.625.